The molecule has 1 aliphatic rings. The molecule has 3 nitrogen and oxygen atoms in total. The molecule has 1 aliphatic heterocycles. The van der Waals surface area contributed by atoms with Gasteiger partial charge in [0.2, 0.25) is 0 Å². The highest BCUT2D eigenvalue weighted by Gasteiger charge is 2.17. The van der Waals surface area contributed by atoms with Gasteiger partial charge in [-0.2, -0.15) is 0 Å². The Hall–Kier alpha value is -1.38. The standard InChI is InChI=1S/C14H21N3/c1-4-6-10(2)11(3)13-9-16-14(17-13)12-7-5-8-15-12/h5,7,9-11H,4,6,8H2,1-3H3,(H,16,17). The Labute approximate surface area is 103 Å². The van der Waals surface area contributed by atoms with E-state index in [2.05, 4.69) is 41.8 Å². The van der Waals surface area contributed by atoms with Crippen LogP contribution in [0.3, 0.4) is 0 Å². The number of aromatic nitrogens is 2. The number of allylic oxidation sites excluding steroid dienone is 1. The van der Waals surface area contributed by atoms with Crippen molar-refractivity contribution in [3.63, 3.8) is 0 Å². The zero-order chi connectivity index (χ0) is 12.3. The molecule has 0 amide bonds. The van der Waals surface area contributed by atoms with Crippen molar-refractivity contribution in [2.24, 2.45) is 10.9 Å². The first-order valence-corrected chi connectivity index (χ1v) is 6.48. The molecule has 0 radical (unpaired) electrons. The minimum Gasteiger partial charge on any atom is -0.340 e. The van der Waals surface area contributed by atoms with Crippen molar-refractivity contribution in [3.8, 4) is 0 Å². The third-order valence-electron chi connectivity index (χ3n) is 3.57. The van der Waals surface area contributed by atoms with E-state index < -0.39 is 0 Å². The van der Waals surface area contributed by atoms with Gasteiger partial charge in [-0.15, -0.1) is 0 Å². The van der Waals surface area contributed by atoms with Crippen molar-refractivity contribution >= 4 is 5.71 Å². The average molecular weight is 231 g/mol. The maximum absolute atomic E-state index is 4.42. The van der Waals surface area contributed by atoms with Crippen molar-refractivity contribution < 1.29 is 0 Å². The number of rotatable bonds is 5. The van der Waals surface area contributed by atoms with E-state index >= 15 is 0 Å². The highest BCUT2D eigenvalue weighted by Crippen LogP contribution is 2.26. The zero-order valence-corrected chi connectivity index (χ0v) is 10.9. The molecule has 92 valence electrons. The van der Waals surface area contributed by atoms with E-state index in [0.29, 0.717) is 11.8 Å². The van der Waals surface area contributed by atoms with Gasteiger partial charge in [0.25, 0.3) is 0 Å². The summed E-state index contributed by atoms with van der Waals surface area (Å²) in [6.07, 6.45) is 8.54. The van der Waals surface area contributed by atoms with Gasteiger partial charge in [-0.3, -0.25) is 4.99 Å². The lowest BCUT2D eigenvalue weighted by Crippen LogP contribution is -2.07. The number of aromatic amines is 1. The molecule has 0 spiro atoms. The van der Waals surface area contributed by atoms with E-state index in [9.17, 15) is 0 Å². The molecule has 2 rings (SSSR count). The minimum atomic E-state index is 0.530. The maximum Gasteiger partial charge on any atom is 0.155 e. The lowest BCUT2D eigenvalue weighted by molar-refractivity contribution is 0.442. The van der Waals surface area contributed by atoms with Gasteiger partial charge in [-0.05, 0) is 12.0 Å². The van der Waals surface area contributed by atoms with Crippen molar-refractivity contribution in [1.29, 1.82) is 0 Å². The van der Waals surface area contributed by atoms with E-state index in [1.165, 1.54) is 18.5 Å². The zero-order valence-electron chi connectivity index (χ0n) is 10.9. The van der Waals surface area contributed by atoms with E-state index in [1.807, 2.05) is 12.3 Å². The summed E-state index contributed by atoms with van der Waals surface area (Å²) in [5.41, 5.74) is 2.20. The molecule has 3 heteroatoms. The summed E-state index contributed by atoms with van der Waals surface area (Å²) in [5.74, 6) is 2.13. The fraction of sp³-hybridized carbons (Fsp3) is 0.571. The topological polar surface area (TPSA) is 41.0 Å². The SMILES string of the molecule is CCCC(C)C(C)c1cnc(C2=NCC=C2)[nH]1. The van der Waals surface area contributed by atoms with Gasteiger partial charge in [-0.1, -0.05) is 39.7 Å². The molecule has 1 N–H and O–H groups in total. The Balaban J connectivity index is 2.09. The van der Waals surface area contributed by atoms with E-state index in [0.717, 1.165) is 18.1 Å². The number of nitrogens with one attached hydrogen (secondary N) is 1. The van der Waals surface area contributed by atoms with Crippen LogP contribution in [0.4, 0.5) is 0 Å². The molecular formula is C14H21N3. The van der Waals surface area contributed by atoms with Crippen LogP contribution in [-0.2, 0) is 0 Å². The smallest absolute Gasteiger partial charge is 0.155 e. The number of H-pyrrole nitrogens is 1. The fourth-order valence-corrected chi connectivity index (χ4v) is 2.23. The fourth-order valence-electron chi connectivity index (χ4n) is 2.23. The number of nitrogens with zero attached hydrogens (tertiary/aromatic N) is 2. The summed E-state index contributed by atoms with van der Waals surface area (Å²) in [5, 5.41) is 0. The third-order valence-corrected chi connectivity index (χ3v) is 3.57. The predicted molar refractivity (Wildman–Crippen MR) is 71.6 cm³/mol. The highest BCUT2D eigenvalue weighted by atomic mass is 15.0. The first-order valence-electron chi connectivity index (χ1n) is 6.48. The Morgan fingerprint density at radius 3 is 2.88 bits per heavy atom. The van der Waals surface area contributed by atoms with Crippen molar-refractivity contribution in [1.82, 2.24) is 9.97 Å². The molecule has 0 bridgehead atoms. The second-order valence-electron chi connectivity index (χ2n) is 4.87. The number of aliphatic imine (C=N–C) groups is 1. The predicted octanol–water partition coefficient (Wildman–Crippen LogP) is 3.31. The van der Waals surface area contributed by atoms with Gasteiger partial charge < -0.3 is 4.98 Å². The molecule has 0 saturated carbocycles. The Kier molecular flexibility index (Phi) is 3.77. The van der Waals surface area contributed by atoms with Gasteiger partial charge in [0.05, 0.1) is 6.54 Å². The molecule has 2 unspecified atom stereocenters. The van der Waals surface area contributed by atoms with Gasteiger partial charge in [0.1, 0.15) is 5.71 Å². The molecule has 0 fully saturated rings. The molecule has 2 heterocycles. The summed E-state index contributed by atoms with van der Waals surface area (Å²) >= 11 is 0. The van der Waals surface area contributed by atoms with Gasteiger partial charge >= 0.3 is 0 Å². The van der Waals surface area contributed by atoms with Crippen LogP contribution in [0.1, 0.15) is 51.0 Å². The van der Waals surface area contributed by atoms with Crippen LogP contribution in [0, 0.1) is 5.92 Å². The largest absolute Gasteiger partial charge is 0.340 e. The van der Waals surface area contributed by atoms with E-state index in [1.54, 1.807) is 0 Å². The Morgan fingerprint density at radius 1 is 1.41 bits per heavy atom. The van der Waals surface area contributed by atoms with Crippen molar-refractivity contribution in [2.75, 3.05) is 6.54 Å². The van der Waals surface area contributed by atoms with Gasteiger partial charge in [0.15, 0.2) is 5.82 Å². The molecular weight excluding hydrogens is 210 g/mol. The van der Waals surface area contributed by atoms with Crippen LogP contribution in [0.15, 0.2) is 23.3 Å². The van der Waals surface area contributed by atoms with E-state index in [4.69, 9.17) is 0 Å². The number of imidazole rings is 1. The number of hydrogen-bond acceptors (Lipinski definition) is 2. The summed E-state index contributed by atoms with van der Waals surface area (Å²) in [6.45, 7) is 7.60. The van der Waals surface area contributed by atoms with Crippen LogP contribution in [0.5, 0.6) is 0 Å². The molecule has 1 aromatic rings. The molecule has 0 aromatic carbocycles. The second kappa shape index (κ2) is 5.30. The first kappa shape index (κ1) is 12.1. The quantitative estimate of drug-likeness (QED) is 0.830. The van der Waals surface area contributed by atoms with Crippen molar-refractivity contribution in [2.45, 2.75) is 39.5 Å². The lowest BCUT2D eigenvalue weighted by Gasteiger charge is -2.17. The molecule has 0 aliphatic carbocycles. The summed E-state index contributed by atoms with van der Waals surface area (Å²) in [7, 11) is 0. The molecule has 2 atom stereocenters. The number of hydrogen-bond donors (Lipinski definition) is 1. The van der Waals surface area contributed by atoms with Gasteiger partial charge in [-0.25, -0.2) is 4.98 Å². The second-order valence-corrected chi connectivity index (χ2v) is 4.87. The summed E-state index contributed by atoms with van der Waals surface area (Å²) in [4.78, 5) is 12.2. The molecule has 0 saturated heterocycles. The summed E-state index contributed by atoms with van der Waals surface area (Å²) in [6, 6.07) is 0. The van der Waals surface area contributed by atoms with Crippen LogP contribution in [-0.4, -0.2) is 22.2 Å². The van der Waals surface area contributed by atoms with Crippen molar-refractivity contribution in [3.05, 3.63) is 29.9 Å². The molecule has 17 heavy (non-hydrogen) atoms. The van der Waals surface area contributed by atoms with Crippen LogP contribution < -0.4 is 0 Å². The first-order chi connectivity index (χ1) is 8.22. The monoisotopic (exact) mass is 231 g/mol. The lowest BCUT2D eigenvalue weighted by atomic mass is 9.90. The van der Waals surface area contributed by atoms with Crippen LogP contribution >= 0.6 is 0 Å². The Bertz CT molecular complexity index is 428. The normalized spacial score (nSPS) is 18.2. The van der Waals surface area contributed by atoms with Crippen LogP contribution in [0.2, 0.25) is 0 Å². The molecule has 1 aromatic heterocycles. The maximum atomic E-state index is 4.42. The van der Waals surface area contributed by atoms with Gasteiger partial charge in [0, 0.05) is 17.8 Å². The summed E-state index contributed by atoms with van der Waals surface area (Å²) < 4.78 is 0. The third kappa shape index (κ3) is 2.65. The Morgan fingerprint density at radius 2 is 2.24 bits per heavy atom. The van der Waals surface area contributed by atoms with E-state index in [-0.39, 0.29) is 0 Å². The highest BCUT2D eigenvalue weighted by molar-refractivity contribution is 6.07. The average Bonchev–Trinajstić information content (AvgIpc) is 2.98. The minimum absolute atomic E-state index is 0.530. The van der Waals surface area contributed by atoms with Crippen LogP contribution in [0.25, 0.3) is 0 Å².